The molecule has 0 bridgehead atoms. The lowest BCUT2D eigenvalue weighted by Gasteiger charge is -2.35. The molecule has 3 amide bonds. The standard InChI is InChI=1S/C20H24N4O5/c1-21-20(27)17-11-24(15-7-3-4-8-16(15)29-17)13-19(26)23(2)12-18(25)22-10-14-6-5-9-28-14/h3-9,17H,10-13H2,1-2H3,(H,21,27)(H,22,25)/t17-/m0/s1. The summed E-state index contributed by atoms with van der Waals surface area (Å²) in [5.74, 6) is 0.382. The average Bonchev–Trinajstić information content (AvgIpc) is 3.25. The number of carbonyl (C=O) groups excluding carboxylic acids is 3. The molecular formula is C20H24N4O5. The summed E-state index contributed by atoms with van der Waals surface area (Å²) in [5, 5.41) is 5.27. The van der Waals surface area contributed by atoms with Crippen molar-refractivity contribution < 1.29 is 23.5 Å². The Balaban J connectivity index is 1.59. The maximum atomic E-state index is 12.7. The van der Waals surface area contributed by atoms with Gasteiger partial charge in [-0.05, 0) is 24.3 Å². The van der Waals surface area contributed by atoms with Gasteiger partial charge in [-0.2, -0.15) is 0 Å². The van der Waals surface area contributed by atoms with E-state index in [1.54, 1.807) is 36.2 Å². The lowest BCUT2D eigenvalue weighted by atomic mass is 10.1. The van der Waals surface area contributed by atoms with E-state index in [2.05, 4.69) is 10.6 Å². The molecule has 3 rings (SSSR count). The number of carbonyl (C=O) groups is 3. The zero-order valence-corrected chi connectivity index (χ0v) is 16.4. The fourth-order valence-electron chi connectivity index (χ4n) is 3.00. The van der Waals surface area contributed by atoms with Crippen LogP contribution < -0.4 is 20.3 Å². The molecule has 154 valence electrons. The second kappa shape index (κ2) is 9.13. The van der Waals surface area contributed by atoms with Gasteiger partial charge in [0.25, 0.3) is 5.91 Å². The highest BCUT2D eigenvalue weighted by Crippen LogP contribution is 2.32. The van der Waals surface area contributed by atoms with Crippen molar-refractivity contribution in [2.24, 2.45) is 0 Å². The summed E-state index contributed by atoms with van der Waals surface area (Å²) in [7, 11) is 3.11. The first kappa shape index (κ1) is 20.2. The molecule has 2 heterocycles. The van der Waals surface area contributed by atoms with E-state index in [1.165, 1.54) is 18.2 Å². The van der Waals surface area contributed by atoms with Crippen molar-refractivity contribution in [2.75, 3.05) is 38.6 Å². The fraction of sp³-hybridized carbons (Fsp3) is 0.350. The Hall–Kier alpha value is -3.49. The number of nitrogens with zero attached hydrogens (tertiary/aromatic N) is 2. The first-order chi connectivity index (χ1) is 14.0. The van der Waals surface area contributed by atoms with E-state index < -0.39 is 6.10 Å². The summed E-state index contributed by atoms with van der Waals surface area (Å²) < 4.78 is 10.9. The molecule has 1 atom stereocenters. The predicted octanol–water partition coefficient (Wildman–Crippen LogP) is 0.368. The summed E-state index contributed by atoms with van der Waals surface area (Å²) in [5.41, 5.74) is 0.733. The number of fused-ring (bicyclic) bond motifs is 1. The summed E-state index contributed by atoms with van der Waals surface area (Å²) in [6.07, 6.45) is 0.813. The summed E-state index contributed by atoms with van der Waals surface area (Å²) in [6, 6.07) is 10.7. The highest BCUT2D eigenvalue weighted by molar-refractivity contribution is 5.88. The topological polar surface area (TPSA) is 104 Å². The summed E-state index contributed by atoms with van der Waals surface area (Å²) >= 11 is 0. The quantitative estimate of drug-likeness (QED) is 0.696. The molecule has 1 aliphatic rings. The summed E-state index contributed by atoms with van der Waals surface area (Å²) in [4.78, 5) is 40.0. The number of rotatable bonds is 7. The van der Waals surface area contributed by atoms with Gasteiger partial charge in [-0.3, -0.25) is 14.4 Å². The molecule has 2 N–H and O–H groups in total. The smallest absolute Gasteiger partial charge is 0.262 e. The number of ether oxygens (including phenoxy) is 1. The Bertz CT molecular complexity index is 868. The molecule has 0 saturated carbocycles. The molecule has 0 radical (unpaired) electrons. The van der Waals surface area contributed by atoms with E-state index in [4.69, 9.17) is 9.15 Å². The second-order valence-electron chi connectivity index (χ2n) is 6.67. The largest absolute Gasteiger partial charge is 0.477 e. The van der Waals surface area contributed by atoms with Crippen LogP contribution in [0.1, 0.15) is 5.76 Å². The normalized spacial score (nSPS) is 15.1. The number of likely N-dealkylation sites (N-methyl/N-ethyl adjacent to an activating group) is 2. The molecule has 2 aromatic rings. The molecule has 0 unspecified atom stereocenters. The van der Waals surface area contributed by atoms with Crippen molar-refractivity contribution in [3.63, 3.8) is 0 Å². The van der Waals surface area contributed by atoms with Gasteiger partial charge in [0, 0.05) is 14.1 Å². The molecule has 1 aromatic carbocycles. The third-order valence-electron chi connectivity index (χ3n) is 4.57. The third kappa shape index (κ3) is 5.07. The predicted molar refractivity (Wildman–Crippen MR) is 105 cm³/mol. The SMILES string of the molecule is CNC(=O)[C@@H]1CN(CC(=O)N(C)CC(=O)NCc2ccco2)c2ccccc2O1. The van der Waals surface area contributed by atoms with Crippen LogP contribution in [0.5, 0.6) is 5.75 Å². The Morgan fingerprint density at radius 2 is 2.00 bits per heavy atom. The zero-order chi connectivity index (χ0) is 20.8. The number of anilines is 1. The van der Waals surface area contributed by atoms with Crippen molar-refractivity contribution in [3.05, 3.63) is 48.4 Å². The maximum Gasteiger partial charge on any atom is 0.262 e. The van der Waals surface area contributed by atoms with E-state index >= 15 is 0 Å². The van der Waals surface area contributed by atoms with E-state index in [-0.39, 0.29) is 43.9 Å². The van der Waals surface area contributed by atoms with E-state index in [9.17, 15) is 14.4 Å². The molecular weight excluding hydrogens is 376 g/mol. The molecule has 9 heteroatoms. The highest BCUT2D eigenvalue weighted by atomic mass is 16.5. The Morgan fingerprint density at radius 3 is 2.72 bits per heavy atom. The second-order valence-corrected chi connectivity index (χ2v) is 6.67. The number of nitrogens with one attached hydrogen (secondary N) is 2. The van der Waals surface area contributed by atoms with Crippen molar-refractivity contribution in [2.45, 2.75) is 12.6 Å². The van der Waals surface area contributed by atoms with Crippen LogP contribution in [0.3, 0.4) is 0 Å². The number of amides is 3. The molecule has 0 aliphatic carbocycles. The number of furan rings is 1. The number of para-hydroxylation sites is 2. The lowest BCUT2D eigenvalue weighted by molar-refractivity contribution is -0.134. The Kier molecular flexibility index (Phi) is 6.38. The number of hydrogen-bond acceptors (Lipinski definition) is 6. The monoisotopic (exact) mass is 400 g/mol. The van der Waals surface area contributed by atoms with E-state index in [1.807, 2.05) is 12.1 Å². The first-order valence-corrected chi connectivity index (χ1v) is 9.23. The average molecular weight is 400 g/mol. The van der Waals surface area contributed by atoms with Crippen LogP contribution in [0.2, 0.25) is 0 Å². The van der Waals surface area contributed by atoms with Gasteiger partial charge in [0.2, 0.25) is 11.8 Å². The molecule has 29 heavy (non-hydrogen) atoms. The molecule has 0 spiro atoms. The van der Waals surface area contributed by atoms with Gasteiger partial charge in [-0.15, -0.1) is 0 Å². The molecule has 0 saturated heterocycles. The van der Waals surface area contributed by atoms with Crippen LogP contribution in [-0.4, -0.2) is 62.5 Å². The van der Waals surface area contributed by atoms with Gasteiger partial charge in [0.1, 0.15) is 11.5 Å². The number of benzene rings is 1. The van der Waals surface area contributed by atoms with Gasteiger partial charge in [0.05, 0.1) is 38.1 Å². The van der Waals surface area contributed by atoms with Crippen LogP contribution in [0.25, 0.3) is 0 Å². The molecule has 0 fully saturated rings. The molecule has 1 aromatic heterocycles. The van der Waals surface area contributed by atoms with Crippen LogP contribution in [0.4, 0.5) is 5.69 Å². The minimum Gasteiger partial charge on any atom is -0.477 e. The van der Waals surface area contributed by atoms with Crippen molar-refractivity contribution in [1.29, 1.82) is 0 Å². The van der Waals surface area contributed by atoms with Gasteiger partial charge in [-0.1, -0.05) is 12.1 Å². The van der Waals surface area contributed by atoms with Gasteiger partial charge in [-0.25, -0.2) is 0 Å². The Labute approximate surface area is 168 Å². The third-order valence-corrected chi connectivity index (χ3v) is 4.57. The van der Waals surface area contributed by atoms with Crippen LogP contribution in [-0.2, 0) is 20.9 Å². The van der Waals surface area contributed by atoms with Crippen molar-refractivity contribution >= 4 is 23.4 Å². The highest BCUT2D eigenvalue weighted by Gasteiger charge is 2.31. The first-order valence-electron chi connectivity index (χ1n) is 9.23. The van der Waals surface area contributed by atoms with Crippen LogP contribution >= 0.6 is 0 Å². The van der Waals surface area contributed by atoms with Gasteiger partial charge >= 0.3 is 0 Å². The van der Waals surface area contributed by atoms with Gasteiger partial charge < -0.3 is 29.6 Å². The van der Waals surface area contributed by atoms with Crippen molar-refractivity contribution in [1.82, 2.24) is 15.5 Å². The summed E-state index contributed by atoms with van der Waals surface area (Å²) in [6.45, 7) is 0.444. The number of hydrogen-bond donors (Lipinski definition) is 2. The van der Waals surface area contributed by atoms with Gasteiger partial charge in [0.15, 0.2) is 6.10 Å². The lowest BCUT2D eigenvalue weighted by Crippen LogP contribution is -2.51. The van der Waals surface area contributed by atoms with Crippen LogP contribution in [0.15, 0.2) is 47.1 Å². The Morgan fingerprint density at radius 1 is 1.21 bits per heavy atom. The molecule has 1 aliphatic heterocycles. The van der Waals surface area contributed by atoms with E-state index in [0.29, 0.717) is 11.5 Å². The minimum atomic E-state index is -0.718. The zero-order valence-electron chi connectivity index (χ0n) is 16.4. The minimum absolute atomic E-state index is 0.0236. The van der Waals surface area contributed by atoms with Crippen molar-refractivity contribution in [3.8, 4) is 5.75 Å². The maximum absolute atomic E-state index is 12.7. The van der Waals surface area contributed by atoms with E-state index in [0.717, 1.165) is 5.69 Å². The van der Waals surface area contributed by atoms with Crippen LogP contribution in [0, 0.1) is 0 Å². The fourth-order valence-corrected chi connectivity index (χ4v) is 3.00. The molecule has 9 nitrogen and oxygen atoms in total.